The van der Waals surface area contributed by atoms with Gasteiger partial charge in [-0.15, -0.1) is 11.3 Å². The van der Waals surface area contributed by atoms with E-state index in [1.54, 1.807) is 35.6 Å². The molecule has 0 atom stereocenters. The van der Waals surface area contributed by atoms with E-state index in [-0.39, 0.29) is 18.1 Å². The Morgan fingerprint density at radius 3 is 2.11 bits per heavy atom. The summed E-state index contributed by atoms with van der Waals surface area (Å²) in [6.45, 7) is 0.527. The maximum absolute atomic E-state index is 12.9. The summed E-state index contributed by atoms with van der Waals surface area (Å²) in [5.41, 5.74) is 1.94. The van der Waals surface area contributed by atoms with Gasteiger partial charge in [-0.1, -0.05) is 18.2 Å². The maximum Gasteiger partial charge on any atom is 0.323 e. The van der Waals surface area contributed by atoms with Gasteiger partial charge in [-0.05, 0) is 53.4 Å². The van der Waals surface area contributed by atoms with Crippen LogP contribution >= 0.6 is 11.3 Å². The molecular weight excluding hydrogens is 365 g/mol. The quantitative estimate of drug-likeness (QED) is 0.591. The van der Waals surface area contributed by atoms with Crippen LogP contribution in [-0.4, -0.2) is 11.9 Å². The van der Waals surface area contributed by atoms with Crippen LogP contribution in [0.3, 0.4) is 0 Å². The fourth-order valence-corrected chi connectivity index (χ4v) is 3.02. The Bertz CT molecular complexity index is 894. The molecule has 0 unspecified atom stereocenters. The van der Waals surface area contributed by atoms with Gasteiger partial charge in [-0.25, -0.2) is 9.18 Å². The minimum Gasteiger partial charge on any atom is -0.351 e. The lowest BCUT2D eigenvalue weighted by atomic mass is 10.1. The molecule has 0 saturated carbocycles. The molecule has 0 spiro atoms. The highest BCUT2D eigenvalue weighted by molar-refractivity contribution is 7.09. The lowest BCUT2D eigenvalue weighted by Crippen LogP contribution is -2.24. The zero-order chi connectivity index (χ0) is 19.1. The van der Waals surface area contributed by atoms with Gasteiger partial charge in [0.15, 0.2) is 0 Å². The van der Waals surface area contributed by atoms with E-state index in [1.807, 2.05) is 17.5 Å². The van der Waals surface area contributed by atoms with Crippen molar-refractivity contribution < 1.29 is 14.0 Å². The van der Waals surface area contributed by atoms with E-state index in [1.165, 1.54) is 24.3 Å². The van der Waals surface area contributed by atoms with Gasteiger partial charge in [0.1, 0.15) is 5.82 Å². The molecule has 0 aliphatic carbocycles. The lowest BCUT2D eigenvalue weighted by Gasteiger charge is -2.09. The van der Waals surface area contributed by atoms with Gasteiger partial charge < -0.3 is 16.0 Å². The standard InChI is InChI=1S/C20H18FN3O2S/c21-15-5-9-17(10-6-15)24-20(26)23-16-7-3-14(4-8-16)12-19(25)22-13-18-2-1-11-27-18/h1-11H,12-13H2,(H,22,25)(H2,23,24,26). The molecule has 0 aliphatic rings. The highest BCUT2D eigenvalue weighted by Crippen LogP contribution is 2.13. The fraction of sp³-hybridized carbons (Fsp3) is 0.100. The van der Waals surface area contributed by atoms with Gasteiger partial charge in [0.2, 0.25) is 5.91 Å². The topological polar surface area (TPSA) is 70.2 Å². The van der Waals surface area contributed by atoms with E-state index in [0.29, 0.717) is 17.9 Å². The Hall–Kier alpha value is -3.19. The highest BCUT2D eigenvalue weighted by Gasteiger charge is 2.06. The third-order valence-corrected chi connectivity index (χ3v) is 4.59. The third kappa shape index (κ3) is 5.93. The summed E-state index contributed by atoms with van der Waals surface area (Å²) in [5.74, 6) is -0.422. The predicted octanol–water partition coefficient (Wildman–Crippen LogP) is 4.39. The molecule has 0 aliphatic heterocycles. The van der Waals surface area contributed by atoms with Crippen LogP contribution in [0.25, 0.3) is 0 Å². The number of nitrogens with one attached hydrogen (secondary N) is 3. The predicted molar refractivity (Wildman–Crippen MR) is 105 cm³/mol. The van der Waals surface area contributed by atoms with Crippen molar-refractivity contribution in [2.75, 3.05) is 10.6 Å². The van der Waals surface area contributed by atoms with Gasteiger partial charge in [0.25, 0.3) is 0 Å². The number of rotatable bonds is 6. The number of hydrogen-bond donors (Lipinski definition) is 3. The summed E-state index contributed by atoms with van der Waals surface area (Å²) in [6.07, 6.45) is 0.271. The molecule has 138 valence electrons. The average Bonchev–Trinajstić information content (AvgIpc) is 3.17. The first-order valence-corrected chi connectivity index (χ1v) is 9.18. The molecule has 1 aromatic heterocycles. The number of carbonyl (C=O) groups is 2. The zero-order valence-corrected chi connectivity index (χ0v) is 15.2. The van der Waals surface area contributed by atoms with Crippen molar-refractivity contribution >= 4 is 34.6 Å². The van der Waals surface area contributed by atoms with Crippen LogP contribution in [0.4, 0.5) is 20.6 Å². The zero-order valence-electron chi connectivity index (χ0n) is 14.4. The first-order chi connectivity index (χ1) is 13.1. The Morgan fingerprint density at radius 1 is 0.889 bits per heavy atom. The van der Waals surface area contributed by atoms with Crippen LogP contribution in [0.2, 0.25) is 0 Å². The van der Waals surface area contributed by atoms with Crippen molar-refractivity contribution in [3.05, 3.63) is 82.3 Å². The smallest absolute Gasteiger partial charge is 0.323 e. The molecule has 3 rings (SSSR count). The van der Waals surface area contributed by atoms with Gasteiger partial charge in [-0.2, -0.15) is 0 Å². The number of hydrogen-bond acceptors (Lipinski definition) is 3. The Morgan fingerprint density at radius 2 is 1.52 bits per heavy atom. The molecule has 3 aromatic rings. The van der Waals surface area contributed by atoms with E-state index in [0.717, 1.165) is 10.4 Å². The summed E-state index contributed by atoms with van der Waals surface area (Å²) >= 11 is 1.60. The molecule has 5 nitrogen and oxygen atoms in total. The van der Waals surface area contributed by atoms with Crippen molar-refractivity contribution in [2.45, 2.75) is 13.0 Å². The second kappa shape index (κ2) is 8.95. The third-order valence-electron chi connectivity index (χ3n) is 3.72. The summed E-state index contributed by atoms with van der Waals surface area (Å²) in [5, 5.41) is 10.1. The van der Waals surface area contributed by atoms with Crippen LogP contribution in [0.15, 0.2) is 66.0 Å². The molecule has 0 fully saturated rings. The number of thiophene rings is 1. The second-order valence-corrected chi connectivity index (χ2v) is 6.85. The number of anilines is 2. The van der Waals surface area contributed by atoms with E-state index in [2.05, 4.69) is 16.0 Å². The number of benzene rings is 2. The first kappa shape index (κ1) is 18.6. The minimum absolute atomic E-state index is 0.0573. The summed E-state index contributed by atoms with van der Waals surface area (Å²) in [4.78, 5) is 25.0. The minimum atomic E-state index is -0.428. The molecule has 0 radical (unpaired) electrons. The Kier molecular flexibility index (Phi) is 6.17. The number of carbonyl (C=O) groups excluding carboxylic acids is 2. The lowest BCUT2D eigenvalue weighted by molar-refractivity contribution is -0.120. The van der Waals surface area contributed by atoms with Crippen LogP contribution in [-0.2, 0) is 17.8 Å². The molecule has 1 heterocycles. The van der Waals surface area contributed by atoms with Crippen molar-refractivity contribution in [3.8, 4) is 0 Å². The van der Waals surface area contributed by atoms with Crippen molar-refractivity contribution in [1.82, 2.24) is 5.32 Å². The molecule has 7 heteroatoms. The summed E-state index contributed by atoms with van der Waals surface area (Å²) in [6, 6.07) is 16.0. The fourth-order valence-electron chi connectivity index (χ4n) is 2.38. The summed E-state index contributed by atoms with van der Waals surface area (Å²) in [7, 11) is 0. The first-order valence-electron chi connectivity index (χ1n) is 8.30. The van der Waals surface area contributed by atoms with E-state index >= 15 is 0 Å². The number of amides is 3. The molecule has 3 N–H and O–H groups in total. The summed E-state index contributed by atoms with van der Waals surface area (Å²) < 4.78 is 12.9. The average molecular weight is 383 g/mol. The number of halogens is 1. The van der Waals surface area contributed by atoms with Crippen LogP contribution in [0.1, 0.15) is 10.4 Å². The molecule has 27 heavy (non-hydrogen) atoms. The van der Waals surface area contributed by atoms with Gasteiger partial charge in [0, 0.05) is 16.3 Å². The van der Waals surface area contributed by atoms with Gasteiger partial charge >= 0.3 is 6.03 Å². The van der Waals surface area contributed by atoms with Crippen molar-refractivity contribution in [1.29, 1.82) is 0 Å². The Balaban J connectivity index is 1.47. The number of urea groups is 1. The molecule has 2 aromatic carbocycles. The Labute approximate surface area is 160 Å². The van der Waals surface area contributed by atoms with Crippen molar-refractivity contribution in [2.24, 2.45) is 0 Å². The van der Waals surface area contributed by atoms with Gasteiger partial charge in [0.05, 0.1) is 13.0 Å². The normalized spacial score (nSPS) is 10.3. The van der Waals surface area contributed by atoms with Crippen LogP contribution in [0, 0.1) is 5.82 Å². The largest absolute Gasteiger partial charge is 0.351 e. The van der Waals surface area contributed by atoms with Crippen molar-refractivity contribution in [3.63, 3.8) is 0 Å². The highest BCUT2D eigenvalue weighted by atomic mass is 32.1. The van der Waals surface area contributed by atoms with E-state index < -0.39 is 6.03 Å². The van der Waals surface area contributed by atoms with E-state index in [4.69, 9.17) is 0 Å². The maximum atomic E-state index is 12.9. The second-order valence-electron chi connectivity index (χ2n) is 5.82. The van der Waals surface area contributed by atoms with Crippen LogP contribution in [0.5, 0.6) is 0 Å². The SMILES string of the molecule is O=C(Cc1ccc(NC(=O)Nc2ccc(F)cc2)cc1)NCc1cccs1. The molecule has 0 saturated heterocycles. The van der Waals surface area contributed by atoms with Crippen LogP contribution < -0.4 is 16.0 Å². The van der Waals surface area contributed by atoms with Gasteiger partial charge in [-0.3, -0.25) is 4.79 Å². The molecule has 3 amide bonds. The molecular formula is C20H18FN3O2S. The van der Waals surface area contributed by atoms with E-state index in [9.17, 15) is 14.0 Å². The molecule has 0 bridgehead atoms. The monoisotopic (exact) mass is 383 g/mol.